The fraction of sp³-hybridized carbons (Fsp3) is 0.214. The van der Waals surface area contributed by atoms with Crippen LogP contribution in [0.15, 0.2) is 45.9 Å². The predicted octanol–water partition coefficient (Wildman–Crippen LogP) is 2.68. The van der Waals surface area contributed by atoms with E-state index in [1.54, 1.807) is 6.92 Å². The van der Waals surface area contributed by atoms with Crippen LogP contribution in [-0.2, 0) is 10.0 Å². The van der Waals surface area contributed by atoms with E-state index >= 15 is 0 Å². The second kappa shape index (κ2) is 6.65. The van der Waals surface area contributed by atoms with Gasteiger partial charge in [0.15, 0.2) is 0 Å². The SMILES string of the molecule is Cc1occc1C(=O)Nc1ccc(S(=O)(=O)NCC(F)(F)F)cc1. The molecule has 0 fully saturated rings. The first-order valence-electron chi connectivity index (χ1n) is 6.60. The highest BCUT2D eigenvalue weighted by molar-refractivity contribution is 7.89. The molecule has 0 aliphatic carbocycles. The molecule has 0 atom stereocenters. The maximum Gasteiger partial charge on any atom is 0.402 e. The number of amides is 1. The van der Waals surface area contributed by atoms with Crippen molar-refractivity contribution in [1.29, 1.82) is 0 Å². The van der Waals surface area contributed by atoms with Crippen LogP contribution in [0, 0.1) is 6.92 Å². The van der Waals surface area contributed by atoms with Crippen molar-refractivity contribution in [3.05, 3.63) is 47.9 Å². The second-order valence-electron chi connectivity index (χ2n) is 4.81. The van der Waals surface area contributed by atoms with Crippen LogP contribution in [0.1, 0.15) is 16.1 Å². The van der Waals surface area contributed by atoms with Crippen LogP contribution in [0.4, 0.5) is 18.9 Å². The van der Waals surface area contributed by atoms with E-state index in [0.29, 0.717) is 11.3 Å². The van der Waals surface area contributed by atoms with Gasteiger partial charge in [0.2, 0.25) is 10.0 Å². The number of carbonyl (C=O) groups is 1. The van der Waals surface area contributed by atoms with Crippen molar-refractivity contribution in [2.75, 3.05) is 11.9 Å². The van der Waals surface area contributed by atoms with Crippen molar-refractivity contribution in [2.24, 2.45) is 0 Å². The highest BCUT2D eigenvalue weighted by Gasteiger charge is 2.30. The molecule has 0 unspecified atom stereocenters. The lowest BCUT2D eigenvalue weighted by atomic mass is 10.2. The summed E-state index contributed by atoms with van der Waals surface area (Å²) in [4.78, 5) is 11.6. The van der Waals surface area contributed by atoms with Gasteiger partial charge in [-0.3, -0.25) is 4.79 Å². The summed E-state index contributed by atoms with van der Waals surface area (Å²) in [5.74, 6) is -0.0323. The first-order chi connectivity index (χ1) is 11.1. The van der Waals surface area contributed by atoms with E-state index in [1.807, 2.05) is 0 Å². The van der Waals surface area contributed by atoms with Crippen LogP contribution in [0.5, 0.6) is 0 Å². The van der Waals surface area contributed by atoms with Crippen molar-refractivity contribution >= 4 is 21.6 Å². The van der Waals surface area contributed by atoms with Gasteiger partial charge >= 0.3 is 6.18 Å². The summed E-state index contributed by atoms with van der Waals surface area (Å²) in [7, 11) is -4.29. The topological polar surface area (TPSA) is 88.4 Å². The summed E-state index contributed by atoms with van der Waals surface area (Å²) in [6.45, 7) is -0.0511. The molecule has 0 radical (unpaired) electrons. The number of rotatable bonds is 5. The molecule has 2 rings (SSSR count). The molecule has 0 aliphatic heterocycles. The standard InChI is InChI=1S/C14H13F3N2O4S/c1-9-12(6-7-23-9)13(20)19-10-2-4-11(5-3-10)24(21,22)18-8-14(15,16)17/h2-7,18H,8H2,1H3,(H,19,20). The van der Waals surface area contributed by atoms with E-state index in [1.165, 1.54) is 29.2 Å². The Morgan fingerprint density at radius 3 is 2.29 bits per heavy atom. The Hall–Kier alpha value is -2.33. The third-order valence-corrected chi connectivity index (χ3v) is 4.41. The highest BCUT2D eigenvalue weighted by Crippen LogP contribution is 2.18. The molecule has 24 heavy (non-hydrogen) atoms. The van der Waals surface area contributed by atoms with Crippen molar-refractivity contribution in [3.8, 4) is 0 Å². The lowest BCUT2D eigenvalue weighted by molar-refractivity contribution is -0.121. The van der Waals surface area contributed by atoms with Gasteiger partial charge in [-0.05, 0) is 37.3 Å². The molecule has 2 N–H and O–H groups in total. The summed E-state index contributed by atoms with van der Waals surface area (Å²) >= 11 is 0. The molecular formula is C14H13F3N2O4S. The zero-order valence-electron chi connectivity index (χ0n) is 12.3. The van der Waals surface area contributed by atoms with Gasteiger partial charge in [0.25, 0.3) is 5.91 Å². The zero-order valence-corrected chi connectivity index (χ0v) is 13.2. The van der Waals surface area contributed by atoms with Crippen molar-refractivity contribution in [2.45, 2.75) is 18.0 Å². The quantitative estimate of drug-likeness (QED) is 0.856. The average molecular weight is 362 g/mol. The minimum atomic E-state index is -4.65. The van der Waals surface area contributed by atoms with Gasteiger partial charge in [0, 0.05) is 5.69 Å². The molecule has 1 amide bonds. The van der Waals surface area contributed by atoms with Gasteiger partial charge in [-0.25, -0.2) is 13.1 Å². The second-order valence-corrected chi connectivity index (χ2v) is 6.58. The molecule has 0 bridgehead atoms. The fourth-order valence-corrected chi connectivity index (χ4v) is 2.81. The third kappa shape index (κ3) is 4.59. The predicted molar refractivity (Wildman–Crippen MR) is 79.1 cm³/mol. The maximum absolute atomic E-state index is 12.1. The van der Waals surface area contributed by atoms with Gasteiger partial charge in [0.1, 0.15) is 12.3 Å². The number of hydrogen-bond acceptors (Lipinski definition) is 4. The smallest absolute Gasteiger partial charge is 0.402 e. The molecule has 2 aromatic rings. The monoisotopic (exact) mass is 362 g/mol. The molecule has 0 aliphatic rings. The van der Waals surface area contributed by atoms with Gasteiger partial charge < -0.3 is 9.73 Å². The maximum atomic E-state index is 12.1. The van der Waals surface area contributed by atoms with E-state index in [-0.39, 0.29) is 10.6 Å². The van der Waals surface area contributed by atoms with E-state index in [0.717, 1.165) is 12.1 Å². The zero-order chi connectivity index (χ0) is 18.0. The third-order valence-electron chi connectivity index (χ3n) is 2.99. The summed E-state index contributed by atoms with van der Waals surface area (Å²) in [6.07, 6.45) is -3.30. The van der Waals surface area contributed by atoms with E-state index < -0.39 is 28.7 Å². The van der Waals surface area contributed by atoms with Crippen LogP contribution in [0.3, 0.4) is 0 Å². The van der Waals surface area contributed by atoms with E-state index in [9.17, 15) is 26.4 Å². The molecule has 1 aromatic heterocycles. The minimum absolute atomic E-state index is 0.287. The Bertz CT molecular complexity index is 826. The number of nitrogens with one attached hydrogen (secondary N) is 2. The molecule has 1 heterocycles. The first kappa shape index (κ1) is 18.0. The van der Waals surface area contributed by atoms with Gasteiger partial charge in [-0.15, -0.1) is 0 Å². The van der Waals surface area contributed by atoms with Crippen LogP contribution in [0.2, 0.25) is 0 Å². The Morgan fingerprint density at radius 1 is 1.17 bits per heavy atom. The molecule has 1 aromatic carbocycles. The number of halogens is 3. The van der Waals surface area contributed by atoms with Crippen molar-refractivity contribution < 1.29 is 30.8 Å². The van der Waals surface area contributed by atoms with Crippen LogP contribution < -0.4 is 10.0 Å². The number of carbonyl (C=O) groups excluding carboxylic acids is 1. The molecule has 0 saturated heterocycles. The Labute approximate surface area is 135 Å². The van der Waals surface area contributed by atoms with Gasteiger partial charge in [-0.2, -0.15) is 13.2 Å². The highest BCUT2D eigenvalue weighted by atomic mass is 32.2. The van der Waals surface area contributed by atoms with Crippen molar-refractivity contribution in [3.63, 3.8) is 0 Å². The summed E-state index contributed by atoms with van der Waals surface area (Å²) in [5, 5.41) is 2.53. The normalized spacial score (nSPS) is 12.2. The summed E-state index contributed by atoms with van der Waals surface area (Å²) in [5.41, 5.74) is 0.605. The van der Waals surface area contributed by atoms with E-state index in [4.69, 9.17) is 4.42 Å². The molecule has 10 heteroatoms. The number of sulfonamides is 1. The fourth-order valence-electron chi connectivity index (χ4n) is 1.80. The van der Waals surface area contributed by atoms with Crippen LogP contribution in [-0.4, -0.2) is 27.0 Å². The Balaban J connectivity index is 2.08. The summed E-state index contributed by atoms with van der Waals surface area (Å²) < 4.78 is 66.2. The molecule has 0 spiro atoms. The number of hydrogen-bond donors (Lipinski definition) is 2. The largest absolute Gasteiger partial charge is 0.469 e. The Kier molecular flexibility index (Phi) is 4.99. The lowest BCUT2D eigenvalue weighted by Gasteiger charge is -2.10. The van der Waals surface area contributed by atoms with Gasteiger partial charge in [-0.1, -0.05) is 0 Å². The number of alkyl halides is 3. The minimum Gasteiger partial charge on any atom is -0.469 e. The number of aryl methyl sites for hydroxylation is 1. The summed E-state index contributed by atoms with van der Waals surface area (Å²) in [6, 6.07) is 6.21. The Morgan fingerprint density at radius 2 is 1.79 bits per heavy atom. The average Bonchev–Trinajstić information content (AvgIpc) is 2.91. The van der Waals surface area contributed by atoms with E-state index in [2.05, 4.69) is 5.32 Å². The van der Waals surface area contributed by atoms with Gasteiger partial charge in [0.05, 0.1) is 16.7 Å². The number of benzene rings is 1. The molecule has 6 nitrogen and oxygen atoms in total. The van der Waals surface area contributed by atoms with Crippen molar-refractivity contribution in [1.82, 2.24) is 4.72 Å². The van der Waals surface area contributed by atoms with Crippen LogP contribution >= 0.6 is 0 Å². The number of furan rings is 1. The lowest BCUT2D eigenvalue weighted by Crippen LogP contribution is -2.33. The van der Waals surface area contributed by atoms with Crippen LogP contribution in [0.25, 0.3) is 0 Å². The molecule has 0 saturated carbocycles. The first-order valence-corrected chi connectivity index (χ1v) is 8.09. The molecule has 130 valence electrons. The number of anilines is 1. The molecular weight excluding hydrogens is 349 g/mol.